The monoisotopic (exact) mass is 345 g/mol. The van der Waals surface area contributed by atoms with E-state index in [4.69, 9.17) is 11.6 Å². The third-order valence-corrected chi connectivity index (χ3v) is 4.12. The number of rotatable bonds is 4. The van der Waals surface area contributed by atoms with Crippen molar-refractivity contribution in [3.8, 4) is 0 Å². The highest BCUT2D eigenvalue weighted by Gasteiger charge is 2.21. The highest BCUT2D eigenvalue weighted by molar-refractivity contribution is 6.30. The molecule has 0 saturated carbocycles. The van der Waals surface area contributed by atoms with Crippen LogP contribution in [0.1, 0.15) is 29.8 Å². The molecular formula is C18H17ClFN3O. The number of amides is 1. The summed E-state index contributed by atoms with van der Waals surface area (Å²) in [5.41, 5.74) is 3.05. The first-order valence-corrected chi connectivity index (χ1v) is 8.16. The maximum absolute atomic E-state index is 13.4. The number of hydrogen-bond donors (Lipinski definition) is 0. The Bertz CT molecular complexity index is 807. The molecule has 0 radical (unpaired) electrons. The molecule has 1 aromatic heterocycles. The zero-order valence-electron chi connectivity index (χ0n) is 13.3. The second-order valence-corrected chi connectivity index (χ2v) is 6.16. The van der Waals surface area contributed by atoms with Crippen LogP contribution in [0.2, 0.25) is 5.02 Å². The van der Waals surface area contributed by atoms with Crippen molar-refractivity contribution in [2.75, 3.05) is 6.54 Å². The fourth-order valence-corrected chi connectivity index (χ4v) is 2.81. The van der Waals surface area contributed by atoms with Gasteiger partial charge in [0, 0.05) is 25.1 Å². The minimum absolute atomic E-state index is 0.0114. The van der Waals surface area contributed by atoms with Crippen LogP contribution in [0.3, 0.4) is 0 Å². The Morgan fingerprint density at radius 1 is 1.38 bits per heavy atom. The van der Waals surface area contributed by atoms with Crippen molar-refractivity contribution in [1.82, 2.24) is 9.99 Å². The molecule has 0 aliphatic carbocycles. The smallest absolute Gasteiger partial charge is 0.242 e. The van der Waals surface area contributed by atoms with Gasteiger partial charge in [-0.05, 0) is 43.2 Å². The standard InChI is InChI=1S/C18H17ClFN3O/c1-12-4-2-5-16(21-12)17(22-23-9-3-6-18(23)24)11-13-7-8-15(20)14(19)10-13/h2,4-5,7-8,10H,3,6,9,11H2,1H3/b22-17-. The van der Waals surface area contributed by atoms with E-state index in [2.05, 4.69) is 10.1 Å². The molecule has 3 rings (SSSR count). The van der Waals surface area contributed by atoms with Crippen molar-refractivity contribution >= 4 is 23.2 Å². The molecule has 1 fully saturated rings. The van der Waals surface area contributed by atoms with Gasteiger partial charge in [-0.3, -0.25) is 9.78 Å². The van der Waals surface area contributed by atoms with Crippen molar-refractivity contribution in [1.29, 1.82) is 0 Å². The molecule has 0 atom stereocenters. The zero-order chi connectivity index (χ0) is 17.1. The molecule has 1 aliphatic heterocycles. The van der Waals surface area contributed by atoms with E-state index in [-0.39, 0.29) is 10.9 Å². The van der Waals surface area contributed by atoms with Gasteiger partial charge in [-0.25, -0.2) is 9.40 Å². The van der Waals surface area contributed by atoms with Gasteiger partial charge in [0.2, 0.25) is 5.91 Å². The number of aromatic nitrogens is 1. The molecule has 2 aromatic rings. The molecule has 0 spiro atoms. The molecule has 1 amide bonds. The quantitative estimate of drug-likeness (QED) is 0.792. The van der Waals surface area contributed by atoms with Gasteiger partial charge in [0.25, 0.3) is 0 Å². The summed E-state index contributed by atoms with van der Waals surface area (Å²) in [6.07, 6.45) is 1.74. The van der Waals surface area contributed by atoms with Crippen LogP contribution in [0.25, 0.3) is 0 Å². The number of nitrogens with zero attached hydrogens (tertiary/aromatic N) is 3. The van der Waals surface area contributed by atoms with Crippen LogP contribution in [0.5, 0.6) is 0 Å². The predicted octanol–water partition coefficient (Wildman–Crippen LogP) is 3.75. The average Bonchev–Trinajstić information content (AvgIpc) is 2.95. The predicted molar refractivity (Wildman–Crippen MR) is 91.6 cm³/mol. The Balaban J connectivity index is 1.96. The van der Waals surface area contributed by atoms with Crippen molar-refractivity contribution in [3.63, 3.8) is 0 Å². The van der Waals surface area contributed by atoms with Gasteiger partial charge in [-0.15, -0.1) is 0 Å². The van der Waals surface area contributed by atoms with E-state index in [9.17, 15) is 9.18 Å². The highest BCUT2D eigenvalue weighted by atomic mass is 35.5. The van der Waals surface area contributed by atoms with Gasteiger partial charge in [0.1, 0.15) is 5.82 Å². The summed E-state index contributed by atoms with van der Waals surface area (Å²) in [5.74, 6) is -0.445. The molecule has 1 saturated heterocycles. The SMILES string of the molecule is Cc1cccc(/C(Cc2ccc(F)c(Cl)c2)=N\N2CCCC2=O)n1. The van der Waals surface area contributed by atoms with Gasteiger partial charge >= 0.3 is 0 Å². The molecule has 0 N–H and O–H groups in total. The third kappa shape index (κ3) is 3.79. The van der Waals surface area contributed by atoms with E-state index in [0.29, 0.717) is 30.8 Å². The second-order valence-electron chi connectivity index (χ2n) is 5.76. The average molecular weight is 346 g/mol. The Kier molecular flexibility index (Phi) is 4.90. The van der Waals surface area contributed by atoms with Gasteiger partial charge in [0.15, 0.2) is 0 Å². The molecule has 24 heavy (non-hydrogen) atoms. The van der Waals surface area contributed by atoms with E-state index in [1.54, 1.807) is 12.1 Å². The zero-order valence-corrected chi connectivity index (χ0v) is 14.1. The molecule has 1 aliphatic rings. The number of aryl methyl sites for hydroxylation is 1. The van der Waals surface area contributed by atoms with E-state index in [1.807, 2.05) is 25.1 Å². The summed E-state index contributed by atoms with van der Waals surface area (Å²) >= 11 is 5.87. The Hall–Kier alpha value is -2.27. The van der Waals surface area contributed by atoms with Crippen molar-refractivity contribution < 1.29 is 9.18 Å². The summed E-state index contributed by atoms with van der Waals surface area (Å²) in [4.78, 5) is 16.4. The van der Waals surface area contributed by atoms with Crippen molar-refractivity contribution in [2.24, 2.45) is 5.10 Å². The summed E-state index contributed by atoms with van der Waals surface area (Å²) in [6.45, 7) is 2.51. The first kappa shape index (κ1) is 16.6. The summed E-state index contributed by atoms with van der Waals surface area (Å²) in [7, 11) is 0. The molecule has 1 aromatic carbocycles. The number of carbonyl (C=O) groups is 1. The normalized spacial score (nSPS) is 15.2. The highest BCUT2D eigenvalue weighted by Crippen LogP contribution is 2.19. The largest absolute Gasteiger partial charge is 0.273 e. The van der Waals surface area contributed by atoms with Gasteiger partial charge in [-0.2, -0.15) is 5.10 Å². The number of benzene rings is 1. The van der Waals surface area contributed by atoms with Gasteiger partial charge < -0.3 is 0 Å². The number of carbonyl (C=O) groups excluding carboxylic acids is 1. The van der Waals surface area contributed by atoms with E-state index >= 15 is 0 Å². The minimum atomic E-state index is -0.456. The van der Waals surface area contributed by atoms with Crippen LogP contribution in [-0.2, 0) is 11.2 Å². The first-order chi connectivity index (χ1) is 11.5. The van der Waals surface area contributed by atoms with Crippen LogP contribution >= 0.6 is 11.6 Å². The van der Waals surface area contributed by atoms with E-state index in [0.717, 1.165) is 17.7 Å². The maximum Gasteiger partial charge on any atom is 0.242 e. The molecule has 0 bridgehead atoms. The summed E-state index contributed by atoms with van der Waals surface area (Å²) < 4.78 is 13.4. The van der Waals surface area contributed by atoms with Crippen LogP contribution in [0, 0.1) is 12.7 Å². The number of halogens is 2. The molecule has 0 unspecified atom stereocenters. The Morgan fingerprint density at radius 3 is 2.88 bits per heavy atom. The van der Waals surface area contributed by atoms with E-state index < -0.39 is 5.82 Å². The lowest BCUT2D eigenvalue weighted by molar-refractivity contribution is -0.127. The van der Waals surface area contributed by atoms with Gasteiger partial charge in [0.05, 0.1) is 16.4 Å². The minimum Gasteiger partial charge on any atom is -0.273 e. The molecule has 2 heterocycles. The van der Waals surface area contributed by atoms with Crippen LogP contribution in [0.15, 0.2) is 41.5 Å². The topological polar surface area (TPSA) is 45.6 Å². The van der Waals surface area contributed by atoms with Crippen molar-refractivity contribution in [2.45, 2.75) is 26.2 Å². The number of hydrazone groups is 1. The van der Waals surface area contributed by atoms with Gasteiger partial charge in [-0.1, -0.05) is 23.7 Å². The Labute approximate surface area is 145 Å². The van der Waals surface area contributed by atoms with E-state index in [1.165, 1.54) is 11.1 Å². The lowest BCUT2D eigenvalue weighted by atomic mass is 10.1. The van der Waals surface area contributed by atoms with Crippen LogP contribution in [-0.4, -0.2) is 28.2 Å². The summed E-state index contributed by atoms with van der Waals surface area (Å²) in [6, 6.07) is 10.2. The number of hydrogen-bond acceptors (Lipinski definition) is 3. The third-order valence-electron chi connectivity index (χ3n) is 3.83. The molecule has 124 valence electrons. The lowest BCUT2D eigenvalue weighted by Gasteiger charge is -2.13. The molecular weight excluding hydrogens is 329 g/mol. The summed E-state index contributed by atoms with van der Waals surface area (Å²) in [5, 5.41) is 6.08. The second kappa shape index (κ2) is 7.09. The van der Waals surface area contributed by atoms with Crippen molar-refractivity contribution in [3.05, 3.63) is 64.2 Å². The van der Waals surface area contributed by atoms with Crippen LogP contribution < -0.4 is 0 Å². The maximum atomic E-state index is 13.4. The molecule has 6 heteroatoms. The lowest BCUT2D eigenvalue weighted by Crippen LogP contribution is -2.22. The van der Waals surface area contributed by atoms with Crippen LogP contribution in [0.4, 0.5) is 4.39 Å². The fraction of sp³-hybridized carbons (Fsp3) is 0.278. The number of pyridine rings is 1. The first-order valence-electron chi connectivity index (χ1n) is 7.79. The Morgan fingerprint density at radius 2 is 2.21 bits per heavy atom. The fourth-order valence-electron chi connectivity index (χ4n) is 2.61. The molecule has 4 nitrogen and oxygen atoms in total.